The third kappa shape index (κ3) is 33.9. The number of nitrogens with one attached hydrogen (secondary N) is 2. The highest BCUT2D eigenvalue weighted by Crippen LogP contribution is 2.37. The Morgan fingerprint density at radius 3 is 1.17 bits per heavy atom. The van der Waals surface area contributed by atoms with E-state index in [1.54, 1.807) is 176 Å². The number of rotatable bonds is 17. The Balaban J connectivity index is 0.000000259. The molecule has 37 heteroatoms. The van der Waals surface area contributed by atoms with Gasteiger partial charge in [-0.2, -0.15) is 25.1 Å². The van der Waals surface area contributed by atoms with Crippen LogP contribution in [0.2, 0.25) is 0 Å². The van der Waals surface area contributed by atoms with Crippen molar-refractivity contribution in [2.24, 2.45) is 0 Å². The molecular weight excluding hydrogens is 1630 g/mol. The number of aromatic nitrogens is 6. The van der Waals surface area contributed by atoms with Crippen LogP contribution in [0.3, 0.4) is 0 Å². The summed E-state index contributed by atoms with van der Waals surface area (Å²) in [6.45, 7) is 13.9. The van der Waals surface area contributed by atoms with Crippen LogP contribution in [0.25, 0.3) is 0 Å². The first-order chi connectivity index (χ1) is 57.5. The van der Waals surface area contributed by atoms with Gasteiger partial charge in [0.25, 0.3) is 0 Å². The number of carbonyl (C=O) groups excluding carboxylic acids is 2. The molecule has 35 nitrogen and oxygen atoms in total. The molecule has 0 saturated heterocycles. The van der Waals surface area contributed by atoms with E-state index in [2.05, 4.69) is 51.2 Å². The maximum absolute atomic E-state index is 12.8. The first-order valence-electron chi connectivity index (χ1n) is 35.5. The Morgan fingerprint density at radius 1 is 0.479 bits per heavy atom. The van der Waals surface area contributed by atoms with Gasteiger partial charge in [0.1, 0.15) is 68.1 Å². The van der Waals surface area contributed by atoms with E-state index < -0.39 is 49.7 Å². The number of nitrogen functional groups attached to an aromatic ring is 3. The number of H-pyrrole nitrogens is 1. The van der Waals surface area contributed by atoms with E-state index in [1.165, 1.54) is 83.0 Å². The summed E-state index contributed by atoms with van der Waals surface area (Å²) in [5.74, 6) is 5.09. The van der Waals surface area contributed by atoms with Crippen molar-refractivity contribution in [1.82, 2.24) is 29.9 Å². The number of aryl methyl sites for hydroxylation is 2. The maximum atomic E-state index is 12.8. The van der Waals surface area contributed by atoms with Crippen LogP contribution < -0.4 is 66.3 Å². The van der Waals surface area contributed by atoms with Gasteiger partial charge in [0.05, 0.1) is 31.8 Å². The van der Waals surface area contributed by atoms with Crippen molar-refractivity contribution in [1.29, 1.82) is 15.8 Å². The smallest absolute Gasteiger partial charge is 0.425 e. The molecule has 6 aromatic heterocycles. The largest absolute Gasteiger partial charge is 0.455 e. The third-order valence-electron chi connectivity index (χ3n) is 14.4. The predicted molar refractivity (Wildman–Crippen MR) is 457 cm³/mol. The Labute approximate surface area is 702 Å². The van der Waals surface area contributed by atoms with E-state index in [4.69, 9.17) is 60.9 Å². The molecule has 0 unspecified atom stereocenters. The highest BCUT2D eigenvalue weighted by Gasteiger charge is 2.34. The van der Waals surface area contributed by atoms with Gasteiger partial charge >= 0.3 is 29.2 Å². The van der Waals surface area contributed by atoms with Crippen molar-refractivity contribution in [3.8, 4) is 74.9 Å². The van der Waals surface area contributed by atoms with E-state index in [9.17, 15) is 54.4 Å². The van der Waals surface area contributed by atoms with Gasteiger partial charge in [-0.05, 0) is 140 Å². The SMILES string of the molecule is CN(C#N)c1ccccc1Oc1ccnc(N(C(=O)OC(C)(C)C)C(=O)OC(C)(C)C)c1.CN(C#N)c1ccccc1Oc1ccnc(N)c1.CNc1ccccc1Oc1ccnc(C)c1.Cc1cc(Oc2ccccc2[N+](=O)[O-])ccn1.N#CBr.Nc1cc(=O)cc[nH]1.Nc1cc(Oc2ccccc2[N+](=O)[O-])ccn1.O=[N+]([O-])c1ccccc1F. The zero-order valence-electron chi connectivity index (χ0n) is 67.0. The number of benzene rings is 6. The number of hydrogen-bond acceptors (Lipinski definition) is 30. The average molecular weight is 1710 g/mol. The summed E-state index contributed by atoms with van der Waals surface area (Å²) in [6.07, 6.45) is 11.5. The molecule has 0 aliphatic heterocycles. The van der Waals surface area contributed by atoms with Crippen LogP contribution in [-0.4, -0.2) is 89.2 Å². The number of halogens is 2. The minimum Gasteiger partial charge on any atom is -0.455 e. The zero-order valence-corrected chi connectivity index (χ0v) is 68.6. The number of nitrogens with zero attached hydrogens (tertiary/aromatic N) is 14. The van der Waals surface area contributed by atoms with Gasteiger partial charge < -0.3 is 60.7 Å². The van der Waals surface area contributed by atoms with Crippen LogP contribution in [0.4, 0.5) is 71.4 Å². The van der Waals surface area contributed by atoms with Crippen molar-refractivity contribution in [2.45, 2.75) is 66.6 Å². The summed E-state index contributed by atoms with van der Waals surface area (Å²) in [4.78, 5) is 93.5. The van der Waals surface area contributed by atoms with E-state index in [1.807, 2.05) is 87.9 Å². The number of aromatic amines is 1. The molecule has 12 aromatic rings. The number of nitro benzene ring substituents is 3. The molecule has 8 N–H and O–H groups in total. The zero-order chi connectivity index (χ0) is 89.2. The number of nitrogens with two attached hydrogens (primary N) is 3. The summed E-state index contributed by atoms with van der Waals surface area (Å²) in [5, 5.41) is 60.0. The Kier molecular flexibility index (Phi) is 37.9. The number of ether oxygens (including phenoxy) is 7. The van der Waals surface area contributed by atoms with Crippen LogP contribution >= 0.6 is 15.9 Å². The molecule has 12 rings (SSSR count). The van der Waals surface area contributed by atoms with Crippen molar-refractivity contribution in [3.05, 3.63) is 313 Å². The predicted octanol–water partition coefficient (Wildman–Crippen LogP) is 19.1. The van der Waals surface area contributed by atoms with Crippen LogP contribution in [-0.2, 0) is 9.47 Å². The molecule has 624 valence electrons. The lowest BCUT2D eigenvalue weighted by atomic mass is 10.2. The third-order valence-corrected chi connectivity index (χ3v) is 14.4. The lowest BCUT2D eigenvalue weighted by Crippen LogP contribution is -2.44. The van der Waals surface area contributed by atoms with Crippen molar-refractivity contribution in [2.75, 3.05) is 58.4 Å². The second-order valence-corrected chi connectivity index (χ2v) is 26.3. The molecule has 0 aliphatic rings. The molecule has 2 amide bonds. The topological polar surface area (TPSA) is 497 Å². The number of amides is 2. The van der Waals surface area contributed by atoms with Crippen LogP contribution in [0.15, 0.2) is 260 Å². The van der Waals surface area contributed by atoms with Crippen LogP contribution in [0.1, 0.15) is 52.9 Å². The van der Waals surface area contributed by atoms with E-state index >= 15 is 0 Å². The first kappa shape index (κ1) is 95.2. The van der Waals surface area contributed by atoms with E-state index in [-0.39, 0.29) is 34.1 Å². The molecule has 0 aliphatic carbocycles. The summed E-state index contributed by atoms with van der Waals surface area (Å²) >= 11 is 2.45. The molecule has 0 saturated carbocycles. The first-order valence-corrected chi connectivity index (χ1v) is 36.3. The summed E-state index contributed by atoms with van der Waals surface area (Å²) in [6, 6.07) is 58.7. The Hall–Kier alpha value is -16.4. The number of imide groups is 1. The molecule has 6 heterocycles. The van der Waals surface area contributed by atoms with E-state index in [0.29, 0.717) is 63.3 Å². The number of para-hydroxylation sites is 11. The number of pyridine rings is 6. The van der Waals surface area contributed by atoms with Crippen LogP contribution in [0, 0.1) is 83.2 Å². The fourth-order valence-electron chi connectivity index (χ4n) is 9.21. The minimum atomic E-state index is -0.930. The quantitative estimate of drug-likeness (QED) is 0.0245. The van der Waals surface area contributed by atoms with E-state index in [0.717, 1.165) is 45.6 Å². The number of nitriles is 3. The fourth-order valence-corrected chi connectivity index (χ4v) is 9.21. The second-order valence-electron chi connectivity index (χ2n) is 26.0. The van der Waals surface area contributed by atoms with Crippen molar-refractivity contribution < 1.29 is 61.9 Å². The monoisotopic (exact) mass is 1710 g/mol. The van der Waals surface area contributed by atoms with Gasteiger partial charge in [-0.1, -0.05) is 72.8 Å². The number of hydrogen-bond donors (Lipinski definition) is 5. The van der Waals surface area contributed by atoms with Crippen molar-refractivity contribution >= 4 is 85.5 Å². The van der Waals surface area contributed by atoms with Crippen LogP contribution in [0.5, 0.6) is 57.5 Å². The molecule has 0 fully saturated rings. The molecular formula is C84H83BrFN19O16. The molecule has 0 atom stereocenters. The lowest BCUT2D eigenvalue weighted by Gasteiger charge is -2.28. The molecule has 0 spiro atoms. The highest BCUT2D eigenvalue weighted by molar-refractivity contribution is 9.12. The van der Waals surface area contributed by atoms with Gasteiger partial charge in [0, 0.05) is 146 Å². The van der Waals surface area contributed by atoms with Gasteiger partial charge in [-0.15, -0.1) is 0 Å². The van der Waals surface area contributed by atoms with Gasteiger partial charge in [-0.25, -0.2) is 24.5 Å². The summed E-state index contributed by atoms with van der Waals surface area (Å²) in [7, 11) is 5.15. The fraction of sp³-hybridized carbons (Fsp3) is 0.155. The molecule has 0 radical (unpaired) electrons. The highest BCUT2D eigenvalue weighted by atomic mass is 79.9. The number of nitro groups is 3. The van der Waals surface area contributed by atoms with Gasteiger partial charge in [0.2, 0.25) is 17.3 Å². The van der Waals surface area contributed by atoms with Gasteiger partial charge in [0.15, 0.2) is 35.1 Å². The maximum Gasteiger partial charge on any atom is 0.425 e. The number of carbonyl (C=O) groups is 2. The normalized spacial score (nSPS) is 9.90. The Bertz CT molecular complexity index is 5520. The Morgan fingerprint density at radius 2 is 0.818 bits per heavy atom. The van der Waals surface area contributed by atoms with Crippen molar-refractivity contribution in [3.63, 3.8) is 0 Å². The summed E-state index contributed by atoms with van der Waals surface area (Å²) in [5.41, 5.74) is 17.8. The standard InChI is InChI=1S/C23H28N4O5.C13H12N4O.C13H14N2O.C12H10N2O3.C11H9N3O3.C6H4FNO2.C5H6N2O.CBrN/c1-22(2,3)31-20(28)27(21(29)32-23(4,5)6)19-14-16(12-13-25-19)30-18-11-9-8-10-17(18)26(7)15-24;1-17(9-14)11-4-2-3-5-12(11)18-10-6-7-16-13(15)8-10;1-10-9-11(7-8-15-10)16-13-6-4-3-5-12(13)14-2;1-9-8-10(6-7-13-9)17-12-5-3-2-4-11(12)14(15)16;12-11-7-8(5-6-13-11)17-10-4-2-1-3-9(10)14(15)16;7-5-3-1-2-4-6(5)8(9)10;6-5-3-4(8)1-2-7-5;2-1-3/h8-14H,1-7H3;2-8H,1H3,(H2,15,16);3-9,14H,1-2H3;2-8H,1H3;1-7H,(H2,12,13);1-4H;1-3H,(H3,6,7,8);. The molecule has 6 aromatic carbocycles. The minimum absolute atomic E-state index is 0.0304. The molecule has 0 bridgehead atoms. The number of anilines is 7. The lowest BCUT2D eigenvalue weighted by molar-refractivity contribution is -0.387. The summed E-state index contributed by atoms with van der Waals surface area (Å²) < 4.78 is 51.4. The van der Waals surface area contributed by atoms with Gasteiger partial charge in [-0.3, -0.25) is 54.9 Å². The molecule has 121 heavy (non-hydrogen) atoms. The second kappa shape index (κ2) is 48.1. The average Bonchev–Trinajstić information content (AvgIpc) is 0.809.